The summed E-state index contributed by atoms with van der Waals surface area (Å²) in [6.45, 7) is 3.65. The van der Waals surface area contributed by atoms with E-state index in [0.29, 0.717) is 39.9 Å². The van der Waals surface area contributed by atoms with Crippen molar-refractivity contribution in [1.29, 1.82) is 0 Å². The van der Waals surface area contributed by atoms with Crippen LogP contribution in [-0.2, 0) is 6.42 Å². The highest BCUT2D eigenvalue weighted by atomic mass is 16.4. The Labute approximate surface area is 228 Å². The summed E-state index contributed by atoms with van der Waals surface area (Å²) in [5.41, 5.74) is 11.9. The number of rotatable bonds is 6. The average Bonchev–Trinajstić information content (AvgIpc) is 3.79. The van der Waals surface area contributed by atoms with Crippen molar-refractivity contribution in [3.63, 3.8) is 0 Å². The highest BCUT2D eigenvalue weighted by Crippen LogP contribution is 2.36. The lowest BCUT2D eigenvalue weighted by molar-refractivity contribution is 0.0901. The summed E-state index contributed by atoms with van der Waals surface area (Å²) in [5.74, 6) is 1.33. The van der Waals surface area contributed by atoms with E-state index in [-0.39, 0.29) is 17.8 Å². The zero-order valence-corrected chi connectivity index (χ0v) is 21.2. The van der Waals surface area contributed by atoms with Gasteiger partial charge in [-0.1, -0.05) is 12.6 Å². The van der Waals surface area contributed by atoms with Gasteiger partial charge in [-0.2, -0.15) is 5.10 Å². The molecule has 1 amide bonds. The topological polar surface area (TPSA) is 143 Å². The molecule has 196 valence electrons. The SMILES string of the molecule is C=Cc1coc(C(=O)NC2CCc3cc(-n4c(-c5cccnc5N)nc5ccc(-n6cccn6)nc54)ccc32)n1. The maximum atomic E-state index is 12.8. The molecule has 0 fully saturated rings. The summed E-state index contributed by atoms with van der Waals surface area (Å²) in [6, 6.07) is 15.4. The molecule has 1 aliphatic rings. The fraction of sp³-hybridized carbons (Fsp3) is 0.103. The number of aromatic nitrogens is 7. The first kappa shape index (κ1) is 23.5. The van der Waals surface area contributed by atoms with Gasteiger partial charge in [-0.25, -0.2) is 24.6 Å². The number of nitrogens with zero attached hydrogens (tertiary/aromatic N) is 7. The lowest BCUT2D eigenvalue weighted by Crippen LogP contribution is -2.27. The van der Waals surface area contributed by atoms with Crippen molar-refractivity contribution >= 4 is 29.0 Å². The van der Waals surface area contributed by atoms with Crippen LogP contribution in [0.15, 0.2) is 84.4 Å². The van der Waals surface area contributed by atoms with Gasteiger partial charge in [0.2, 0.25) is 0 Å². The molecule has 0 saturated carbocycles. The van der Waals surface area contributed by atoms with Crippen molar-refractivity contribution < 1.29 is 9.21 Å². The molecule has 0 spiro atoms. The molecule has 1 aromatic carbocycles. The Hall–Kier alpha value is -5.58. The van der Waals surface area contributed by atoms with Crippen molar-refractivity contribution in [2.75, 3.05) is 5.73 Å². The largest absolute Gasteiger partial charge is 0.440 e. The molecule has 11 heteroatoms. The predicted octanol–water partition coefficient (Wildman–Crippen LogP) is 4.30. The molecule has 0 bridgehead atoms. The van der Waals surface area contributed by atoms with Crippen LogP contribution in [-0.4, -0.2) is 40.2 Å². The zero-order chi connectivity index (χ0) is 27.2. The van der Waals surface area contributed by atoms with E-state index >= 15 is 0 Å². The number of hydrogen-bond acceptors (Lipinski definition) is 8. The summed E-state index contributed by atoms with van der Waals surface area (Å²) in [5, 5.41) is 7.37. The lowest BCUT2D eigenvalue weighted by atomic mass is 10.1. The molecule has 5 heterocycles. The van der Waals surface area contributed by atoms with E-state index in [1.54, 1.807) is 17.1 Å². The van der Waals surface area contributed by atoms with Crippen molar-refractivity contribution in [3.8, 4) is 22.9 Å². The van der Waals surface area contributed by atoms with Gasteiger partial charge in [0.1, 0.15) is 23.3 Å². The fourth-order valence-corrected chi connectivity index (χ4v) is 5.11. The number of amides is 1. The summed E-state index contributed by atoms with van der Waals surface area (Å²) in [7, 11) is 0. The normalized spacial score (nSPS) is 14.3. The van der Waals surface area contributed by atoms with Crippen LogP contribution < -0.4 is 11.1 Å². The third-order valence-electron chi connectivity index (χ3n) is 7.00. The second-order valence-corrected chi connectivity index (χ2v) is 9.40. The molecule has 1 unspecified atom stereocenters. The van der Waals surface area contributed by atoms with E-state index in [4.69, 9.17) is 20.1 Å². The average molecular weight is 530 g/mol. The number of anilines is 1. The number of fused-ring (bicyclic) bond motifs is 2. The number of oxazole rings is 1. The van der Waals surface area contributed by atoms with Crippen LogP contribution in [0.3, 0.4) is 0 Å². The van der Waals surface area contributed by atoms with E-state index in [1.165, 1.54) is 12.3 Å². The van der Waals surface area contributed by atoms with Gasteiger partial charge in [-0.3, -0.25) is 9.36 Å². The molecule has 6 aromatic rings. The number of pyridine rings is 2. The number of imidazole rings is 1. The summed E-state index contributed by atoms with van der Waals surface area (Å²) in [6.07, 6.45) is 9.70. The first-order valence-corrected chi connectivity index (χ1v) is 12.7. The van der Waals surface area contributed by atoms with E-state index < -0.39 is 0 Å². The number of hydrogen-bond donors (Lipinski definition) is 2. The quantitative estimate of drug-likeness (QED) is 0.325. The van der Waals surface area contributed by atoms with Crippen LogP contribution in [0.1, 0.15) is 40.0 Å². The molecule has 5 aromatic heterocycles. The molecular weight excluding hydrogens is 506 g/mol. The van der Waals surface area contributed by atoms with Crippen molar-refractivity contribution in [3.05, 3.63) is 103 Å². The standard InChI is InChI=1S/C29H23N9O2/c1-2-18-16-40-29(33-18)28(39)35-22-9-6-17-15-19(7-8-20(17)22)38-26(21-5-3-12-31-25(21)30)34-23-10-11-24(36-27(23)38)37-14-4-13-32-37/h2-5,7-8,10-16,22H,1,6,9H2,(H2,30,31)(H,35,39). The molecule has 1 atom stereocenters. The van der Waals surface area contributed by atoms with Crippen molar-refractivity contribution in [2.45, 2.75) is 18.9 Å². The minimum absolute atomic E-state index is 0.0163. The van der Waals surface area contributed by atoms with Crippen LogP contribution in [0, 0.1) is 0 Å². The maximum Gasteiger partial charge on any atom is 0.307 e. The van der Waals surface area contributed by atoms with Crippen LogP contribution in [0.25, 0.3) is 40.1 Å². The van der Waals surface area contributed by atoms with Crippen molar-refractivity contribution in [1.82, 2.24) is 39.6 Å². The van der Waals surface area contributed by atoms with Crippen LogP contribution in [0.4, 0.5) is 5.82 Å². The van der Waals surface area contributed by atoms with E-state index in [1.807, 2.05) is 53.2 Å². The molecule has 7 rings (SSSR count). The third kappa shape index (κ3) is 3.91. The molecule has 3 N–H and O–H groups in total. The number of carbonyl (C=O) groups is 1. The molecule has 40 heavy (non-hydrogen) atoms. The molecule has 11 nitrogen and oxygen atoms in total. The van der Waals surface area contributed by atoms with Gasteiger partial charge in [0.25, 0.3) is 5.89 Å². The Kier molecular flexibility index (Phi) is 5.48. The molecule has 0 aliphatic heterocycles. The monoisotopic (exact) mass is 529 g/mol. The van der Waals surface area contributed by atoms with E-state index in [2.05, 4.69) is 33.0 Å². The number of carbonyl (C=O) groups excluding carboxylic acids is 1. The second-order valence-electron chi connectivity index (χ2n) is 9.40. The van der Waals surface area contributed by atoms with Crippen molar-refractivity contribution in [2.24, 2.45) is 0 Å². The first-order valence-electron chi connectivity index (χ1n) is 12.7. The number of benzene rings is 1. The lowest BCUT2D eigenvalue weighted by Gasteiger charge is -2.15. The number of nitrogens with one attached hydrogen (secondary N) is 1. The van der Waals surface area contributed by atoms with Gasteiger partial charge < -0.3 is 15.5 Å². The van der Waals surface area contributed by atoms with E-state index in [0.717, 1.165) is 29.7 Å². The number of nitrogen functional groups attached to an aromatic ring is 1. The minimum atomic E-state index is -0.361. The Morgan fingerprint density at radius 2 is 2.05 bits per heavy atom. The Morgan fingerprint density at radius 3 is 2.85 bits per heavy atom. The molecule has 0 radical (unpaired) electrons. The smallest absolute Gasteiger partial charge is 0.307 e. The molecule has 1 aliphatic carbocycles. The van der Waals surface area contributed by atoms with Gasteiger partial charge in [0, 0.05) is 24.3 Å². The van der Waals surface area contributed by atoms with Gasteiger partial charge in [-0.15, -0.1) is 0 Å². The number of nitrogens with two attached hydrogens (primary N) is 1. The Balaban J connectivity index is 1.31. The maximum absolute atomic E-state index is 12.8. The third-order valence-corrected chi connectivity index (χ3v) is 7.00. The Morgan fingerprint density at radius 1 is 1.12 bits per heavy atom. The van der Waals surface area contributed by atoms with Gasteiger partial charge >= 0.3 is 5.91 Å². The fourth-order valence-electron chi connectivity index (χ4n) is 5.11. The minimum Gasteiger partial charge on any atom is -0.440 e. The van der Waals surface area contributed by atoms with Crippen LogP contribution in [0.5, 0.6) is 0 Å². The van der Waals surface area contributed by atoms with E-state index in [9.17, 15) is 4.79 Å². The summed E-state index contributed by atoms with van der Waals surface area (Å²) < 4.78 is 8.99. The van der Waals surface area contributed by atoms with Gasteiger partial charge in [0.15, 0.2) is 17.3 Å². The van der Waals surface area contributed by atoms with Gasteiger partial charge in [0.05, 0.1) is 11.6 Å². The molecular formula is C29H23N9O2. The summed E-state index contributed by atoms with van der Waals surface area (Å²) >= 11 is 0. The second kappa shape index (κ2) is 9.31. The van der Waals surface area contributed by atoms with Crippen LogP contribution >= 0.6 is 0 Å². The Bertz CT molecular complexity index is 1900. The summed E-state index contributed by atoms with van der Waals surface area (Å²) in [4.78, 5) is 31.0. The highest BCUT2D eigenvalue weighted by Gasteiger charge is 2.27. The molecule has 0 saturated heterocycles. The van der Waals surface area contributed by atoms with Gasteiger partial charge in [-0.05, 0) is 72.5 Å². The predicted molar refractivity (Wildman–Crippen MR) is 149 cm³/mol. The number of aryl methyl sites for hydroxylation is 1. The zero-order valence-electron chi connectivity index (χ0n) is 21.2. The first-order chi connectivity index (χ1) is 19.6. The highest BCUT2D eigenvalue weighted by molar-refractivity contribution is 5.90. The van der Waals surface area contributed by atoms with Crippen LogP contribution in [0.2, 0.25) is 0 Å².